The molecule has 2 heterocycles. The predicted molar refractivity (Wildman–Crippen MR) is 175 cm³/mol. The van der Waals surface area contributed by atoms with E-state index in [1.54, 1.807) is 51.6 Å². The van der Waals surface area contributed by atoms with Crippen LogP contribution in [0.25, 0.3) is 0 Å². The third-order valence-electron chi connectivity index (χ3n) is 9.08. The van der Waals surface area contributed by atoms with Crippen LogP contribution in [-0.4, -0.2) is 68.3 Å². The highest BCUT2D eigenvalue weighted by Gasteiger charge is 2.44. The van der Waals surface area contributed by atoms with Crippen LogP contribution >= 0.6 is 11.6 Å². The number of benzene rings is 1. The van der Waals surface area contributed by atoms with Crippen molar-refractivity contribution in [2.45, 2.75) is 109 Å². The topological polar surface area (TPSA) is 118 Å². The lowest BCUT2D eigenvalue weighted by Gasteiger charge is -2.48. The fourth-order valence-corrected chi connectivity index (χ4v) is 6.97. The molecule has 1 saturated carbocycles. The smallest absolute Gasteiger partial charge is 0.407 e. The van der Waals surface area contributed by atoms with Crippen LogP contribution in [0.2, 0.25) is 5.02 Å². The van der Waals surface area contributed by atoms with Crippen molar-refractivity contribution in [3.05, 3.63) is 60.2 Å². The second-order valence-corrected chi connectivity index (χ2v) is 14.1. The van der Waals surface area contributed by atoms with Gasteiger partial charge in [0, 0.05) is 43.5 Å². The maximum atomic E-state index is 14.1. The largest absolute Gasteiger partial charge is 0.444 e. The molecule has 45 heavy (non-hydrogen) atoms. The fourth-order valence-electron chi connectivity index (χ4n) is 6.84. The Kier molecular flexibility index (Phi) is 12.1. The Morgan fingerprint density at radius 3 is 2.40 bits per heavy atom. The molecular weight excluding hydrogens is 592 g/mol. The summed E-state index contributed by atoms with van der Waals surface area (Å²) in [5, 5.41) is 10.8. The van der Waals surface area contributed by atoms with Gasteiger partial charge in [0.25, 0.3) is 0 Å². The zero-order chi connectivity index (χ0) is 32.5. The van der Waals surface area contributed by atoms with E-state index in [0.717, 1.165) is 24.9 Å². The molecule has 0 bridgehead atoms. The Bertz CT molecular complexity index is 1260. The summed E-state index contributed by atoms with van der Waals surface area (Å²) >= 11 is 6.12. The summed E-state index contributed by atoms with van der Waals surface area (Å²) in [4.78, 5) is 46.0. The van der Waals surface area contributed by atoms with E-state index in [2.05, 4.69) is 27.3 Å². The molecule has 246 valence electrons. The van der Waals surface area contributed by atoms with Crippen molar-refractivity contribution >= 4 is 29.5 Å². The fraction of sp³-hybridized carbons (Fsp3) is 0.618. The molecule has 2 atom stereocenters. The third kappa shape index (κ3) is 10.3. The standard InChI is InChI=1S/C34H49ClN6O4/c1-5-9-28(38-32(44)45-33(2,3)4)21-30(42)39-29(20-25-12-14-27(35)15-13-25)31(43)40-18-16-34(17-19-40,22-41-24-36-23-37-41)26-10-7-6-8-11-26/h5,12-15,23-24,26,28-29H,1,6-11,16-22H2,2-4H3,(H,38,44)(H,39,42)/t28-,29-/m1/s1. The third-order valence-corrected chi connectivity index (χ3v) is 9.33. The van der Waals surface area contributed by atoms with E-state index in [0.29, 0.717) is 36.9 Å². The van der Waals surface area contributed by atoms with E-state index in [-0.39, 0.29) is 23.7 Å². The van der Waals surface area contributed by atoms with Gasteiger partial charge in [0.2, 0.25) is 11.8 Å². The van der Waals surface area contributed by atoms with Gasteiger partial charge in [-0.05, 0) is 81.9 Å². The summed E-state index contributed by atoms with van der Waals surface area (Å²) in [6.45, 7) is 11.2. The summed E-state index contributed by atoms with van der Waals surface area (Å²) in [7, 11) is 0. The van der Waals surface area contributed by atoms with E-state index in [1.807, 2.05) is 21.7 Å². The van der Waals surface area contributed by atoms with Gasteiger partial charge in [0.15, 0.2) is 0 Å². The molecule has 1 aliphatic heterocycles. The quantitative estimate of drug-likeness (QED) is 0.287. The highest BCUT2D eigenvalue weighted by Crippen LogP contribution is 2.47. The van der Waals surface area contributed by atoms with Gasteiger partial charge in [-0.3, -0.25) is 14.3 Å². The molecule has 0 spiro atoms. The Hall–Kier alpha value is -3.40. The highest BCUT2D eigenvalue weighted by molar-refractivity contribution is 6.30. The van der Waals surface area contributed by atoms with Crippen molar-refractivity contribution in [1.82, 2.24) is 30.3 Å². The molecule has 1 aliphatic carbocycles. The number of halogens is 1. The van der Waals surface area contributed by atoms with Crippen molar-refractivity contribution < 1.29 is 19.1 Å². The van der Waals surface area contributed by atoms with Crippen molar-refractivity contribution in [2.75, 3.05) is 13.1 Å². The Balaban J connectivity index is 1.46. The van der Waals surface area contributed by atoms with Crippen molar-refractivity contribution in [1.29, 1.82) is 0 Å². The number of nitrogens with zero attached hydrogens (tertiary/aromatic N) is 4. The number of carbonyl (C=O) groups is 3. The van der Waals surface area contributed by atoms with Crippen LogP contribution in [-0.2, 0) is 27.3 Å². The summed E-state index contributed by atoms with van der Waals surface area (Å²) in [5.41, 5.74) is 0.289. The lowest BCUT2D eigenvalue weighted by molar-refractivity contribution is -0.139. The first-order chi connectivity index (χ1) is 21.5. The van der Waals surface area contributed by atoms with Gasteiger partial charge in [0.05, 0.1) is 0 Å². The van der Waals surface area contributed by atoms with Crippen molar-refractivity contribution in [2.24, 2.45) is 11.3 Å². The van der Waals surface area contributed by atoms with Gasteiger partial charge in [-0.25, -0.2) is 9.78 Å². The first kappa shape index (κ1) is 34.5. The Morgan fingerprint density at radius 2 is 1.80 bits per heavy atom. The first-order valence-corrected chi connectivity index (χ1v) is 16.6. The number of aromatic nitrogens is 3. The van der Waals surface area contributed by atoms with Crippen LogP contribution in [0.5, 0.6) is 0 Å². The average Bonchev–Trinajstić information content (AvgIpc) is 3.50. The van der Waals surface area contributed by atoms with Crippen LogP contribution < -0.4 is 10.6 Å². The minimum Gasteiger partial charge on any atom is -0.444 e. The minimum atomic E-state index is -0.762. The summed E-state index contributed by atoms with van der Waals surface area (Å²) in [6, 6.07) is 6.04. The molecule has 2 N–H and O–H groups in total. The Labute approximate surface area is 272 Å². The van der Waals surface area contributed by atoms with Gasteiger partial charge in [-0.1, -0.05) is 49.1 Å². The van der Waals surface area contributed by atoms with E-state index in [9.17, 15) is 14.4 Å². The molecule has 0 unspecified atom stereocenters. The number of ether oxygens (including phenoxy) is 1. The number of piperidine rings is 1. The SMILES string of the molecule is C=CC[C@H](CC(=O)N[C@H](Cc1ccc(Cl)cc1)C(=O)N1CCC(Cn2cncn2)(C2CCCCC2)CC1)NC(=O)OC(C)(C)C. The van der Waals surface area contributed by atoms with Crippen LogP contribution in [0.4, 0.5) is 4.79 Å². The van der Waals surface area contributed by atoms with Crippen LogP contribution in [0.1, 0.15) is 84.1 Å². The number of carbonyl (C=O) groups excluding carboxylic acids is 3. The number of hydrogen-bond donors (Lipinski definition) is 2. The summed E-state index contributed by atoms with van der Waals surface area (Å²) < 4.78 is 7.33. The van der Waals surface area contributed by atoms with Gasteiger partial charge in [-0.15, -0.1) is 6.58 Å². The molecular formula is C34H49ClN6O4. The monoisotopic (exact) mass is 640 g/mol. The molecule has 4 rings (SSSR count). The van der Waals surface area contributed by atoms with Gasteiger partial charge >= 0.3 is 6.09 Å². The number of nitrogens with one attached hydrogen (secondary N) is 2. The normalized spacial score (nSPS) is 18.4. The molecule has 1 aromatic heterocycles. The molecule has 1 aromatic carbocycles. The number of alkyl carbamates (subject to hydrolysis) is 1. The number of rotatable bonds is 12. The zero-order valence-electron chi connectivity index (χ0n) is 27.0. The predicted octanol–water partition coefficient (Wildman–Crippen LogP) is 5.71. The second kappa shape index (κ2) is 15.7. The van der Waals surface area contributed by atoms with E-state index < -0.39 is 23.8 Å². The van der Waals surface area contributed by atoms with E-state index in [4.69, 9.17) is 16.3 Å². The maximum Gasteiger partial charge on any atom is 0.407 e. The van der Waals surface area contributed by atoms with Gasteiger partial charge in [-0.2, -0.15) is 5.10 Å². The van der Waals surface area contributed by atoms with E-state index in [1.165, 1.54) is 32.1 Å². The number of hydrogen-bond acceptors (Lipinski definition) is 6. The molecule has 0 radical (unpaired) electrons. The number of likely N-dealkylation sites (tertiary alicyclic amines) is 1. The zero-order valence-corrected chi connectivity index (χ0v) is 27.7. The molecule has 2 fully saturated rings. The van der Waals surface area contributed by atoms with Gasteiger partial charge < -0.3 is 20.3 Å². The van der Waals surface area contributed by atoms with E-state index >= 15 is 0 Å². The van der Waals surface area contributed by atoms with Gasteiger partial charge in [0.1, 0.15) is 24.3 Å². The maximum absolute atomic E-state index is 14.1. The molecule has 2 aliphatic rings. The summed E-state index contributed by atoms with van der Waals surface area (Å²) in [6.07, 6.45) is 13.1. The van der Waals surface area contributed by atoms with Crippen LogP contribution in [0.15, 0.2) is 49.6 Å². The molecule has 2 aromatic rings. The average molecular weight is 641 g/mol. The second-order valence-electron chi connectivity index (χ2n) is 13.6. The van der Waals surface area contributed by atoms with Crippen molar-refractivity contribution in [3.63, 3.8) is 0 Å². The lowest BCUT2D eigenvalue weighted by atomic mass is 9.63. The Morgan fingerprint density at radius 1 is 1.11 bits per heavy atom. The molecule has 1 saturated heterocycles. The highest BCUT2D eigenvalue weighted by atomic mass is 35.5. The molecule has 10 nitrogen and oxygen atoms in total. The minimum absolute atomic E-state index is 0.0155. The molecule has 3 amide bonds. The number of amides is 3. The molecule has 11 heteroatoms. The lowest BCUT2D eigenvalue weighted by Crippen LogP contribution is -2.55. The van der Waals surface area contributed by atoms with Crippen molar-refractivity contribution in [3.8, 4) is 0 Å². The van der Waals surface area contributed by atoms with Crippen LogP contribution in [0.3, 0.4) is 0 Å². The first-order valence-electron chi connectivity index (χ1n) is 16.2. The van der Waals surface area contributed by atoms with Crippen LogP contribution in [0, 0.1) is 11.3 Å². The summed E-state index contributed by atoms with van der Waals surface area (Å²) in [5.74, 6) is 0.165.